The van der Waals surface area contributed by atoms with Gasteiger partial charge >= 0.3 is 5.69 Å². The number of aliphatic hydroxyl groups excluding tert-OH is 3. The quantitative estimate of drug-likeness (QED) is 0.465. The van der Waals surface area contributed by atoms with Crippen LogP contribution in [0.1, 0.15) is 6.92 Å². The lowest BCUT2D eigenvalue weighted by Crippen LogP contribution is -2.55. The van der Waals surface area contributed by atoms with Crippen molar-refractivity contribution < 1.29 is 24.9 Å². The van der Waals surface area contributed by atoms with Crippen molar-refractivity contribution in [1.29, 1.82) is 0 Å². The predicted octanol–water partition coefficient (Wildman–Crippen LogP) is -2.82. The Balaban J connectivity index is 2.62. The molecule has 0 amide bonds. The van der Waals surface area contributed by atoms with Gasteiger partial charge in [-0.15, -0.1) is 0 Å². The number of carbonyl (C=O) groups is 1. The Kier molecular flexibility index (Phi) is 3.61. The van der Waals surface area contributed by atoms with Crippen LogP contribution in [-0.2, 0) is 15.3 Å². The molecule has 0 aromatic carbocycles. The summed E-state index contributed by atoms with van der Waals surface area (Å²) in [5, 5.41) is 29.0. The Morgan fingerprint density at radius 3 is 2.70 bits per heavy atom. The Morgan fingerprint density at radius 2 is 2.25 bits per heavy atom. The number of nitrogens with zero attached hydrogens (tertiary/aromatic N) is 2. The van der Waals surface area contributed by atoms with Gasteiger partial charge < -0.3 is 25.8 Å². The molecule has 20 heavy (non-hydrogen) atoms. The van der Waals surface area contributed by atoms with Crippen LogP contribution in [0, 0.1) is 0 Å². The normalized spacial score (nSPS) is 33.3. The maximum atomic E-state index is 11.9. The SMILES string of the molecule is CC(=O)[C@@]1(n2ccc(N)nc2=O)O[C@H](CO)[C@@H](O)[C@H]1O. The number of aromatic nitrogens is 2. The lowest BCUT2D eigenvalue weighted by Gasteiger charge is -2.30. The van der Waals surface area contributed by atoms with Gasteiger partial charge in [0.2, 0.25) is 5.72 Å². The first-order chi connectivity index (χ1) is 9.34. The molecule has 1 saturated heterocycles. The average Bonchev–Trinajstić information content (AvgIpc) is 2.64. The number of aliphatic hydroxyl groups is 3. The van der Waals surface area contributed by atoms with E-state index in [2.05, 4.69) is 4.98 Å². The number of ketones is 1. The third-order valence-corrected chi connectivity index (χ3v) is 3.30. The van der Waals surface area contributed by atoms with E-state index in [1.165, 1.54) is 6.07 Å². The topological polar surface area (TPSA) is 148 Å². The molecule has 0 aliphatic carbocycles. The Hall–Kier alpha value is -1.81. The molecule has 9 nitrogen and oxygen atoms in total. The highest BCUT2D eigenvalue weighted by molar-refractivity contribution is 5.84. The molecule has 110 valence electrons. The zero-order chi connectivity index (χ0) is 15.1. The van der Waals surface area contributed by atoms with Crippen LogP contribution in [0.15, 0.2) is 17.1 Å². The van der Waals surface area contributed by atoms with E-state index in [1.54, 1.807) is 0 Å². The molecule has 1 aromatic heterocycles. The first-order valence-corrected chi connectivity index (χ1v) is 5.86. The highest BCUT2D eigenvalue weighted by Crippen LogP contribution is 2.35. The fourth-order valence-electron chi connectivity index (χ4n) is 2.28. The van der Waals surface area contributed by atoms with Gasteiger partial charge in [0.25, 0.3) is 0 Å². The minimum atomic E-state index is -2.13. The maximum Gasteiger partial charge on any atom is 0.352 e. The molecule has 1 fully saturated rings. The second kappa shape index (κ2) is 4.94. The van der Waals surface area contributed by atoms with E-state index in [0.29, 0.717) is 0 Å². The first kappa shape index (κ1) is 14.6. The molecule has 2 rings (SSSR count). The fraction of sp³-hybridized carbons (Fsp3) is 0.545. The minimum Gasteiger partial charge on any atom is -0.394 e. The third-order valence-electron chi connectivity index (χ3n) is 3.30. The van der Waals surface area contributed by atoms with Crippen molar-refractivity contribution in [1.82, 2.24) is 9.55 Å². The van der Waals surface area contributed by atoms with Gasteiger partial charge in [0.1, 0.15) is 24.1 Å². The number of carbonyl (C=O) groups excluding carboxylic acids is 1. The summed E-state index contributed by atoms with van der Waals surface area (Å²) in [5.74, 6) is -0.773. The summed E-state index contributed by atoms with van der Waals surface area (Å²) in [6, 6.07) is 1.25. The molecule has 0 unspecified atom stereocenters. The summed E-state index contributed by atoms with van der Waals surface area (Å²) in [6.07, 6.45) is -3.30. The standard InChI is InChI=1S/C11H15N3O6/c1-5(16)11(9(18)8(17)6(4-15)20-11)14-3-2-7(12)13-10(14)19/h2-3,6,8-9,15,17-18H,4H2,1H3,(H2,12,13,19)/t6-,8-,9-,11-/m1/s1. The van der Waals surface area contributed by atoms with Crippen LogP contribution in [0.4, 0.5) is 5.82 Å². The number of hydrogen-bond acceptors (Lipinski definition) is 8. The van der Waals surface area contributed by atoms with Crippen LogP contribution in [0.3, 0.4) is 0 Å². The molecular weight excluding hydrogens is 270 g/mol. The van der Waals surface area contributed by atoms with E-state index < -0.39 is 42.1 Å². The van der Waals surface area contributed by atoms with E-state index in [9.17, 15) is 19.8 Å². The summed E-state index contributed by atoms with van der Waals surface area (Å²) in [4.78, 5) is 27.2. The van der Waals surface area contributed by atoms with Gasteiger partial charge in [-0.3, -0.25) is 9.36 Å². The van der Waals surface area contributed by atoms with Crippen molar-refractivity contribution in [3.8, 4) is 0 Å². The lowest BCUT2D eigenvalue weighted by molar-refractivity contribution is -0.173. The molecule has 0 radical (unpaired) electrons. The first-order valence-electron chi connectivity index (χ1n) is 5.86. The summed E-state index contributed by atoms with van der Waals surface area (Å²) >= 11 is 0. The van der Waals surface area contributed by atoms with Crippen LogP contribution in [0.2, 0.25) is 0 Å². The Bertz CT molecular complexity index is 588. The molecule has 1 aromatic rings. The number of nitrogen functional groups attached to an aromatic ring is 1. The second-order valence-electron chi connectivity index (χ2n) is 4.53. The van der Waals surface area contributed by atoms with Crippen molar-refractivity contribution in [2.45, 2.75) is 31.0 Å². The van der Waals surface area contributed by atoms with Crippen LogP contribution in [0.5, 0.6) is 0 Å². The maximum absolute atomic E-state index is 11.9. The largest absolute Gasteiger partial charge is 0.394 e. The van der Waals surface area contributed by atoms with Crippen LogP contribution >= 0.6 is 0 Å². The zero-order valence-corrected chi connectivity index (χ0v) is 10.6. The zero-order valence-electron chi connectivity index (χ0n) is 10.6. The third kappa shape index (κ3) is 1.91. The molecule has 2 heterocycles. The molecule has 5 N–H and O–H groups in total. The molecule has 4 atom stereocenters. The van der Waals surface area contributed by atoms with Crippen molar-refractivity contribution in [3.05, 3.63) is 22.7 Å². The Labute approximate surface area is 113 Å². The van der Waals surface area contributed by atoms with Crippen molar-refractivity contribution >= 4 is 11.6 Å². The molecule has 0 spiro atoms. The predicted molar refractivity (Wildman–Crippen MR) is 65.5 cm³/mol. The van der Waals surface area contributed by atoms with Gasteiger partial charge in [0.15, 0.2) is 5.78 Å². The summed E-state index contributed by atoms with van der Waals surface area (Å²) in [7, 11) is 0. The minimum absolute atomic E-state index is 0.0586. The van der Waals surface area contributed by atoms with E-state index in [1.807, 2.05) is 0 Å². The molecule has 9 heteroatoms. The van der Waals surface area contributed by atoms with E-state index in [4.69, 9.17) is 15.6 Å². The van der Waals surface area contributed by atoms with Crippen LogP contribution in [-0.4, -0.2) is 55.6 Å². The molecule has 0 saturated carbocycles. The van der Waals surface area contributed by atoms with Gasteiger partial charge in [-0.05, 0) is 13.0 Å². The van der Waals surface area contributed by atoms with Gasteiger partial charge in [-0.25, -0.2) is 4.79 Å². The number of Topliss-reactive ketones (excluding diaryl/α,β-unsaturated/α-hetero) is 1. The van der Waals surface area contributed by atoms with Gasteiger partial charge in [0, 0.05) is 6.20 Å². The van der Waals surface area contributed by atoms with Gasteiger partial charge in [-0.2, -0.15) is 4.98 Å². The van der Waals surface area contributed by atoms with E-state index >= 15 is 0 Å². The molecular formula is C11H15N3O6. The highest BCUT2D eigenvalue weighted by atomic mass is 16.6. The van der Waals surface area contributed by atoms with Crippen LogP contribution < -0.4 is 11.4 Å². The van der Waals surface area contributed by atoms with Gasteiger partial charge in [-0.1, -0.05) is 0 Å². The van der Waals surface area contributed by atoms with Crippen molar-refractivity contribution in [3.63, 3.8) is 0 Å². The fourth-order valence-corrected chi connectivity index (χ4v) is 2.28. The molecule has 0 bridgehead atoms. The summed E-state index contributed by atoms with van der Waals surface area (Å²) in [5.41, 5.74) is 2.31. The number of rotatable bonds is 3. The number of nitrogens with two attached hydrogens (primary N) is 1. The van der Waals surface area contributed by atoms with Crippen LogP contribution in [0.25, 0.3) is 0 Å². The monoisotopic (exact) mass is 285 g/mol. The average molecular weight is 285 g/mol. The van der Waals surface area contributed by atoms with Gasteiger partial charge in [0.05, 0.1) is 6.61 Å². The number of anilines is 1. The highest BCUT2D eigenvalue weighted by Gasteiger charge is 2.59. The number of ether oxygens (including phenoxy) is 1. The van der Waals surface area contributed by atoms with E-state index in [0.717, 1.165) is 17.7 Å². The van der Waals surface area contributed by atoms with E-state index in [-0.39, 0.29) is 5.82 Å². The smallest absolute Gasteiger partial charge is 0.352 e. The summed E-state index contributed by atoms with van der Waals surface area (Å²) < 4.78 is 6.03. The number of hydrogen-bond donors (Lipinski definition) is 4. The Morgan fingerprint density at radius 1 is 1.60 bits per heavy atom. The molecule has 1 aliphatic heterocycles. The second-order valence-corrected chi connectivity index (χ2v) is 4.53. The lowest BCUT2D eigenvalue weighted by atomic mass is 9.99. The molecule has 1 aliphatic rings. The van der Waals surface area contributed by atoms with Crippen molar-refractivity contribution in [2.75, 3.05) is 12.3 Å². The van der Waals surface area contributed by atoms with Crippen molar-refractivity contribution in [2.24, 2.45) is 0 Å². The summed E-state index contributed by atoms with van der Waals surface area (Å²) in [6.45, 7) is 0.475.